The van der Waals surface area contributed by atoms with Crippen molar-refractivity contribution in [2.45, 2.75) is 45.2 Å². The molecule has 0 aliphatic carbocycles. The Morgan fingerprint density at radius 2 is 1.89 bits per heavy atom. The third-order valence-corrected chi connectivity index (χ3v) is 4.10. The molecular formula is C14H23ClN4. The highest BCUT2D eigenvalue weighted by atomic mass is 35.5. The summed E-state index contributed by atoms with van der Waals surface area (Å²) in [5.41, 5.74) is 0.263. The molecule has 0 radical (unpaired) electrons. The second-order valence-electron chi connectivity index (χ2n) is 6.20. The fourth-order valence-electron chi connectivity index (χ4n) is 2.61. The van der Waals surface area contributed by atoms with E-state index >= 15 is 0 Å². The molecule has 106 valence electrons. The molecule has 1 aromatic rings. The van der Waals surface area contributed by atoms with Crippen LogP contribution in [0.25, 0.3) is 0 Å². The quantitative estimate of drug-likeness (QED) is 0.835. The van der Waals surface area contributed by atoms with Crippen molar-refractivity contribution in [3.05, 3.63) is 17.5 Å². The lowest BCUT2D eigenvalue weighted by Gasteiger charge is -2.43. The lowest BCUT2D eigenvalue weighted by molar-refractivity contribution is 0.102. The van der Waals surface area contributed by atoms with Crippen LogP contribution in [0.3, 0.4) is 0 Å². The Kier molecular flexibility index (Phi) is 4.31. The second-order valence-corrected chi connectivity index (χ2v) is 6.59. The van der Waals surface area contributed by atoms with Gasteiger partial charge in [0.05, 0.1) is 12.4 Å². The highest BCUT2D eigenvalue weighted by Crippen LogP contribution is 2.24. The Hall–Kier alpha value is -0.870. The first-order valence-electron chi connectivity index (χ1n) is 6.83. The van der Waals surface area contributed by atoms with Gasteiger partial charge in [0.25, 0.3) is 0 Å². The standard InChI is InChI=1S/C14H23ClN4/c1-14(2,3)19-7-5-11(6-8-19)18(4)13-10-16-9-12(15)17-13/h9-11H,5-8H2,1-4H3. The summed E-state index contributed by atoms with van der Waals surface area (Å²) >= 11 is 5.90. The maximum Gasteiger partial charge on any atom is 0.149 e. The fraction of sp³-hybridized carbons (Fsp3) is 0.714. The number of hydrogen-bond acceptors (Lipinski definition) is 4. The molecule has 2 rings (SSSR count). The molecule has 1 aromatic heterocycles. The van der Waals surface area contributed by atoms with Crippen LogP contribution in [0.5, 0.6) is 0 Å². The summed E-state index contributed by atoms with van der Waals surface area (Å²) in [7, 11) is 2.08. The molecule has 4 nitrogen and oxygen atoms in total. The van der Waals surface area contributed by atoms with Crippen molar-refractivity contribution in [3.8, 4) is 0 Å². The predicted octanol–water partition coefficient (Wildman–Crippen LogP) is 2.83. The molecule has 0 bridgehead atoms. The van der Waals surface area contributed by atoms with Crippen LogP contribution in [0, 0.1) is 0 Å². The highest BCUT2D eigenvalue weighted by Gasteiger charge is 2.29. The van der Waals surface area contributed by atoms with Gasteiger partial charge in [-0.1, -0.05) is 11.6 Å². The summed E-state index contributed by atoms with van der Waals surface area (Å²) in [6.07, 6.45) is 5.66. The van der Waals surface area contributed by atoms with Crippen LogP contribution in [0.2, 0.25) is 5.15 Å². The van der Waals surface area contributed by atoms with Gasteiger partial charge in [0.1, 0.15) is 11.0 Å². The Bertz CT molecular complexity index is 422. The van der Waals surface area contributed by atoms with Gasteiger partial charge in [0, 0.05) is 31.7 Å². The van der Waals surface area contributed by atoms with E-state index in [-0.39, 0.29) is 5.54 Å². The van der Waals surface area contributed by atoms with Gasteiger partial charge in [-0.2, -0.15) is 0 Å². The minimum atomic E-state index is 0.263. The van der Waals surface area contributed by atoms with E-state index in [1.165, 1.54) is 0 Å². The molecule has 0 N–H and O–H groups in total. The maximum absolute atomic E-state index is 5.90. The molecule has 0 saturated carbocycles. The van der Waals surface area contributed by atoms with Crippen LogP contribution in [-0.4, -0.2) is 46.6 Å². The molecule has 1 aliphatic heterocycles. The zero-order chi connectivity index (χ0) is 14.0. The van der Waals surface area contributed by atoms with Gasteiger partial charge in [-0.25, -0.2) is 4.98 Å². The molecule has 0 aromatic carbocycles. The molecule has 1 aliphatic rings. The van der Waals surface area contributed by atoms with E-state index in [0.29, 0.717) is 11.2 Å². The van der Waals surface area contributed by atoms with Crippen LogP contribution in [0.1, 0.15) is 33.6 Å². The zero-order valence-corrected chi connectivity index (χ0v) is 13.0. The number of anilines is 1. The topological polar surface area (TPSA) is 32.3 Å². The summed E-state index contributed by atoms with van der Waals surface area (Å²) in [5, 5.41) is 0.455. The van der Waals surface area contributed by atoms with Gasteiger partial charge in [-0.15, -0.1) is 0 Å². The summed E-state index contributed by atoms with van der Waals surface area (Å²) < 4.78 is 0. The summed E-state index contributed by atoms with van der Waals surface area (Å²) in [4.78, 5) is 13.2. The molecular weight excluding hydrogens is 260 g/mol. The van der Waals surface area contributed by atoms with Gasteiger partial charge >= 0.3 is 0 Å². The van der Waals surface area contributed by atoms with Crippen molar-refractivity contribution >= 4 is 17.4 Å². The van der Waals surface area contributed by atoms with Crippen LogP contribution in [0.4, 0.5) is 5.82 Å². The molecule has 5 heteroatoms. The molecule has 0 spiro atoms. The van der Waals surface area contributed by atoms with Crippen LogP contribution < -0.4 is 4.90 Å². The van der Waals surface area contributed by atoms with Gasteiger partial charge in [-0.05, 0) is 33.6 Å². The third kappa shape index (κ3) is 3.57. The largest absolute Gasteiger partial charge is 0.355 e. The first-order valence-corrected chi connectivity index (χ1v) is 7.21. The zero-order valence-electron chi connectivity index (χ0n) is 12.2. The number of hydrogen-bond donors (Lipinski definition) is 0. The monoisotopic (exact) mass is 282 g/mol. The van der Waals surface area contributed by atoms with E-state index in [0.717, 1.165) is 31.7 Å². The van der Waals surface area contributed by atoms with E-state index < -0.39 is 0 Å². The summed E-state index contributed by atoms with van der Waals surface area (Å²) in [5.74, 6) is 0.863. The molecule has 2 heterocycles. The van der Waals surface area contributed by atoms with E-state index in [1.807, 2.05) is 0 Å². The highest BCUT2D eigenvalue weighted by molar-refractivity contribution is 6.29. The Morgan fingerprint density at radius 3 is 2.42 bits per heavy atom. The van der Waals surface area contributed by atoms with Gasteiger partial charge in [-0.3, -0.25) is 9.88 Å². The lowest BCUT2D eigenvalue weighted by Crippen LogP contribution is -2.50. The van der Waals surface area contributed by atoms with E-state index in [9.17, 15) is 0 Å². The SMILES string of the molecule is CN(c1cncc(Cl)n1)C1CCN(C(C)(C)C)CC1. The number of aromatic nitrogens is 2. The van der Waals surface area contributed by atoms with E-state index in [2.05, 4.69) is 47.6 Å². The summed E-state index contributed by atoms with van der Waals surface area (Å²) in [6, 6.07) is 0.520. The van der Waals surface area contributed by atoms with Crippen LogP contribution in [-0.2, 0) is 0 Å². The van der Waals surface area contributed by atoms with Crippen LogP contribution >= 0.6 is 11.6 Å². The predicted molar refractivity (Wildman–Crippen MR) is 79.8 cm³/mol. The van der Waals surface area contributed by atoms with E-state index in [1.54, 1.807) is 12.4 Å². The fourth-order valence-corrected chi connectivity index (χ4v) is 2.76. The normalized spacial score (nSPS) is 18.6. The Morgan fingerprint density at radius 1 is 1.26 bits per heavy atom. The maximum atomic E-state index is 5.90. The molecule has 0 unspecified atom stereocenters. The number of rotatable bonds is 2. The minimum Gasteiger partial charge on any atom is -0.355 e. The molecule has 1 fully saturated rings. The average Bonchev–Trinajstić information content (AvgIpc) is 2.37. The smallest absolute Gasteiger partial charge is 0.149 e. The molecule has 0 amide bonds. The average molecular weight is 283 g/mol. The van der Waals surface area contributed by atoms with Crippen molar-refractivity contribution < 1.29 is 0 Å². The van der Waals surface area contributed by atoms with Gasteiger partial charge in [0.2, 0.25) is 0 Å². The number of halogens is 1. The molecule has 19 heavy (non-hydrogen) atoms. The number of likely N-dealkylation sites (tertiary alicyclic amines) is 1. The van der Waals surface area contributed by atoms with Crippen molar-refractivity contribution in [1.82, 2.24) is 14.9 Å². The van der Waals surface area contributed by atoms with Gasteiger partial charge in [0.15, 0.2) is 0 Å². The first kappa shape index (κ1) is 14.5. The molecule has 1 saturated heterocycles. The van der Waals surface area contributed by atoms with Crippen molar-refractivity contribution in [2.24, 2.45) is 0 Å². The van der Waals surface area contributed by atoms with E-state index in [4.69, 9.17) is 11.6 Å². The van der Waals surface area contributed by atoms with Crippen LogP contribution in [0.15, 0.2) is 12.4 Å². The van der Waals surface area contributed by atoms with Crippen molar-refractivity contribution in [2.75, 3.05) is 25.0 Å². The first-order chi connectivity index (χ1) is 8.88. The van der Waals surface area contributed by atoms with Gasteiger partial charge < -0.3 is 4.90 Å². The second kappa shape index (κ2) is 5.63. The lowest BCUT2D eigenvalue weighted by atomic mass is 9.97. The van der Waals surface area contributed by atoms with Crippen molar-refractivity contribution in [3.63, 3.8) is 0 Å². The summed E-state index contributed by atoms with van der Waals surface area (Å²) in [6.45, 7) is 9.09. The number of nitrogens with zero attached hydrogens (tertiary/aromatic N) is 4. The van der Waals surface area contributed by atoms with Crippen molar-refractivity contribution in [1.29, 1.82) is 0 Å². The molecule has 0 atom stereocenters. The Balaban J connectivity index is 1.98. The third-order valence-electron chi connectivity index (χ3n) is 3.91. The Labute approximate surface area is 120 Å². The number of piperidine rings is 1. The minimum absolute atomic E-state index is 0.263.